The van der Waals surface area contributed by atoms with E-state index in [0.717, 1.165) is 6.07 Å². The summed E-state index contributed by atoms with van der Waals surface area (Å²) in [6.45, 7) is 8.95. The molecular weight excluding hydrogens is 626 g/mol. The van der Waals surface area contributed by atoms with Crippen LogP contribution in [0.25, 0.3) is 0 Å². The number of nitrogens with zero attached hydrogens (tertiary/aromatic N) is 3. The Kier molecular flexibility index (Phi) is 9.48. The van der Waals surface area contributed by atoms with E-state index in [-0.39, 0.29) is 55.6 Å². The lowest BCUT2D eigenvalue weighted by molar-refractivity contribution is -0.162. The van der Waals surface area contributed by atoms with Crippen LogP contribution >= 0.6 is 11.3 Å². The smallest absolute Gasteiger partial charge is 0.338 e. The summed E-state index contributed by atoms with van der Waals surface area (Å²) in [6, 6.07) is 1.43. The molecule has 0 bridgehead atoms. The van der Waals surface area contributed by atoms with E-state index in [1.54, 1.807) is 39.3 Å². The lowest BCUT2D eigenvalue weighted by Crippen LogP contribution is -2.50. The molecule has 1 saturated carbocycles. The third-order valence-electron chi connectivity index (χ3n) is 8.36. The van der Waals surface area contributed by atoms with Crippen molar-refractivity contribution < 1.29 is 36.3 Å². The molecule has 1 aromatic carbocycles. The Balaban J connectivity index is 1.41. The van der Waals surface area contributed by atoms with Crippen molar-refractivity contribution in [3.8, 4) is 0 Å². The maximum atomic E-state index is 14.8. The van der Waals surface area contributed by atoms with Gasteiger partial charge in [0.25, 0.3) is 0 Å². The van der Waals surface area contributed by atoms with Gasteiger partial charge in [0, 0.05) is 36.3 Å². The van der Waals surface area contributed by atoms with Gasteiger partial charge in [0.15, 0.2) is 22.5 Å². The third-order valence-corrected chi connectivity index (χ3v) is 11.5. The van der Waals surface area contributed by atoms with E-state index in [0.29, 0.717) is 34.9 Å². The number of esters is 2. The molecule has 1 unspecified atom stereocenters. The summed E-state index contributed by atoms with van der Waals surface area (Å²) in [5.41, 5.74) is 0.381. The van der Waals surface area contributed by atoms with Crippen molar-refractivity contribution in [1.82, 2.24) is 14.6 Å². The zero-order valence-corrected chi connectivity index (χ0v) is 27.6. The number of carbonyl (C=O) groups excluding carboxylic acids is 2. The van der Waals surface area contributed by atoms with E-state index in [2.05, 4.69) is 10.3 Å². The molecule has 1 atom stereocenters. The van der Waals surface area contributed by atoms with Crippen LogP contribution in [0.5, 0.6) is 0 Å². The summed E-state index contributed by atoms with van der Waals surface area (Å²) in [4.78, 5) is 35.0. The number of carbonyl (C=O) groups is 2. The maximum absolute atomic E-state index is 14.8. The SMILES string of the molecule is CCOC(=O)C1=C(C2CCN(S(=O)(=O)[C@H]3C[C@H](C(=O)OC(C)(C)C)C3)CC2)NC(c2nccs2)=NC1c1ccc(F)c(F)c1C. The number of hydrogen-bond donors (Lipinski definition) is 1. The van der Waals surface area contributed by atoms with Crippen molar-refractivity contribution in [2.24, 2.45) is 16.8 Å². The maximum Gasteiger partial charge on any atom is 0.338 e. The second-order valence-electron chi connectivity index (χ2n) is 12.5. The molecule has 1 saturated heterocycles. The Morgan fingerprint density at radius 1 is 1.16 bits per heavy atom. The summed E-state index contributed by atoms with van der Waals surface area (Å²) in [5.74, 6) is -3.40. The van der Waals surface area contributed by atoms with Gasteiger partial charge in [0.2, 0.25) is 10.0 Å². The second kappa shape index (κ2) is 12.9. The second-order valence-corrected chi connectivity index (χ2v) is 15.6. The summed E-state index contributed by atoms with van der Waals surface area (Å²) >= 11 is 1.33. The van der Waals surface area contributed by atoms with Crippen LogP contribution in [0, 0.1) is 30.4 Å². The molecule has 2 aromatic rings. The van der Waals surface area contributed by atoms with Crippen molar-refractivity contribution in [2.45, 2.75) is 77.2 Å². The predicted molar refractivity (Wildman–Crippen MR) is 165 cm³/mol. The van der Waals surface area contributed by atoms with Gasteiger partial charge in [-0.3, -0.25) is 9.79 Å². The molecule has 2 aliphatic heterocycles. The van der Waals surface area contributed by atoms with Gasteiger partial charge in [0.1, 0.15) is 11.6 Å². The molecule has 14 heteroatoms. The monoisotopic (exact) mass is 664 g/mol. The number of sulfonamides is 1. The highest BCUT2D eigenvalue weighted by molar-refractivity contribution is 7.89. The van der Waals surface area contributed by atoms with Crippen LogP contribution in [0.15, 0.2) is 40.0 Å². The first-order chi connectivity index (χ1) is 21.2. The van der Waals surface area contributed by atoms with Gasteiger partial charge in [-0.2, -0.15) is 0 Å². The molecular formula is C31H38F2N4O6S2. The molecule has 10 nitrogen and oxygen atoms in total. The quantitative estimate of drug-likeness (QED) is 0.399. The largest absolute Gasteiger partial charge is 0.463 e. The summed E-state index contributed by atoms with van der Waals surface area (Å²) in [5, 5.41) is 4.95. The highest BCUT2D eigenvalue weighted by atomic mass is 32.2. The fourth-order valence-electron chi connectivity index (χ4n) is 5.95. The summed E-state index contributed by atoms with van der Waals surface area (Å²) in [6.07, 6.45) is 2.84. The minimum atomic E-state index is -3.65. The molecule has 1 N–H and O–H groups in total. The molecule has 5 rings (SSSR count). The normalized spacial score (nSPS) is 23.2. The molecule has 45 heavy (non-hydrogen) atoms. The number of allylic oxidation sites excluding steroid dienone is 1. The van der Waals surface area contributed by atoms with Crippen molar-refractivity contribution in [2.75, 3.05) is 19.7 Å². The Bertz CT molecular complexity index is 1620. The van der Waals surface area contributed by atoms with Gasteiger partial charge in [-0.25, -0.2) is 31.3 Å². The number of nitrogens with one attached hydrogen (secondary N) is 1. The first kappa shape index (κ1) is 33.1. The first-order valence-electron chi connectivity index (χ1n) is 15.0. The summed E-state index contributed by atoms with van der Waals surface area (Å²) in [7, 11) is -3.65. The number of halogens is 2. The average molecular weight is 665 g/mol. The highest BCUT2D eigenvalue weighted by Gasteiger charge is 2.47. The fraction of sp³-hybridized carbons (Fsp3) is 0.548. The van der Waals surface area contributed by atoms with Gasteiger partial charge < -0.3 is 14.8 Å². The molecule has 0 radical (unpaired) electrons. The van der Waals surface area contributed by atoms with Crippen LogP contribution in [0.3, 0.4) is 0 Å². The number of hydrogen-bond acceptors (Lipinski definition) is 10. The number of ether oxygens (including phenoxy) is 2. The average Bonchev–Trinajstić information content (AvgIpc) is 3.49. The topological polar surface area (TPSA) is 127 Å². The molecule has 3 heterocycles. The van der Waals surface area contributed by atoms with E-state index in [1.165, 1.54) is 28.6 Å². The van der Waals surface area contributed by atoms with E-state index < -0.39 is 50.4 Å². The van der Waals surface area contributed by atoms with E-state index in [4.69, 9.17) is 14.5 Å². The molecule has 3 aliphatic rings. The van der Waals surface area contributed by atoms with Crippen LogP contribution in [0.4, 0.5) is 8.78 Å². The number of aromatic nitrogens is 1. The van der Waals surface area contributed by atoms with E-state index in [1.807, 2.05) is 0 Å². The van der Waals surface area contributed by atoms with Crippen molar-refractivity contribution in [3.63, 3.8) is 0 Å². The number of amidine groups is 1. The van der Waals surface area contributed by atoms with Crippen LogP contribution in [-0.4, -0.2) is 66.0 Å². The Hall–Kier alpha value is -3.23. The summed E-state index contributed by atoms with van der Waals surface area (Å²) < 4.78 is 68.2. The zero-order chi connectivity index (χ0) is 32.7. The lowest BCUT2D eigenvalue weighted by atomic mass is 9.85. The molecule has 0 spiro atoms. The van der Waals surface area contributed by atoms with Crippen LogP contribution < -0.4 is 5.32 Å². The van der Waals surface area contributed by atoms with Gasteiger partial charge in [0.05, 0.1) is 23.3 Å². The third kappa shape index (κ3) is 6.82. The molecule has 1 aliphatic carbocycles. The first-order valence-corrected chi connectivity index (χ1v) is 17.4. The molecule has 1 aromatic heterocycles. The standard InChI is InChI=1S/C31H38F2N4O6S2/c1-6-42-30(39)23-25(35-27(28-34-11-14-44-28)36-26(23)21-7-8-22(32)24(33)17(21)2)18-9-12-37(13-10-18)45(40,41)20-15-19(16-20)29(38)43-31(3,4)5/h7-8,11,14,18-20,26H,6,9-10,12-13,15-16H2,1-5H3,(H,35,36)/t19-,20-,26?. The van der Waals surface area contributed by atoms with Gasteiger partial charge >= 0.3 is 11.9 Å². The van der Waals surface area contributed by atoms with E-state index >= 15 is 0 Å². The molecule has 244 valence electrons. The zero-order valence-electron chi connectivity index (χ0n) is 25.9. The number of benzene rings is 1. The molecule has 2 fully saturated rings. The number of thiazole rings is 1. The van der Waals surface area contributed by atoms with Gasteiger partial charge in [-0.15, -0.1) is 11.3 Å². The van der Waals surface area contributed by atoms with Gasteiger partial charge in [-0.1, -0.05) is 6.07 Å². The molecule has 0 amide bonds. The minimum Gasteiger partial charge on any atom is -0.463 e. The van der Waals surface area contributed by atoms with Gasteiger partial charge in [-0.05, 0) is 77.5 Å². The Labute approximate surface area is 266 Å². The predicted octanol–water partition coefficient (Wildman–Crippen LogP) is 4.80. The van der Waals surface area contributed by atoms with Crippen LogP contribution in [-0.2, 0) is 29.1 Å². The van der Waals surface area contributed by atoms with Crippen molar-refractivity contribution in [3.05, 3.63) is 62.7 Å². The van der Waals surface area contributed by atoms with Crippen LogP contribution in [0.2, 0.25) is 0 Å². The Morgan fingerprint density at radius 2 is 1.84 bits per heavy atom. The van der Waals surface area contributed by atoms with Crippen molar-refractivity contribution >= 4 is 39.1 Å². The number of aliphatic imine (C=N–C) groups is 1. The number of rotatable bonds is 8. The fourth-order valence-corrected chi connectivity index (χ4v) is 8.63. The minimum absolute atomic E-state index is 0.0244. The lowest BCUT2D eigenvalue weighted by Gasteiger charge is -2.40. The van der Waals surface area contributed by atoms with E-state index in [9.17, 15) is 26.8 Å². The van der Waals surface area contributed by atoms with Crippen LogP contribution in [0.1, 0.15) is 75.6 Å². The number of piperidine rings is 1. The Morgan fingerprint density at radius 3 is 2.44 bits per heavy atom. The highest BCUT2D eigenvalue weighted by Crippen LogP contribution is 2.41. The van der Waals surface area contributed by atoms with Crippen molar-refractivity contribution in [1.29, 1.82) is 0 Å².